The van der Waals surface area contributed by atoms with Gasteiger partial charge in [0.1, 0.15) is 16.0 Å². The summed E-state index contributed by atoms with van der Waals surface area (Å²) in [6, 6.07) is 7.48. The number of hydrogen-bond acceptors (Lipinski definition) is 8. The first-order valence-electron chi connectivity index (χ1n) is 8.74. The Hall–Kier alpha value is -2.26. The Morgan fingerprint density at radius 3 is 2.43 bits per heavy atom. The summed E-state index contributed by atoms with van der Waals surface area (Å²) in [6.45, 7) is 7.39. The molecule has 0 bridgehead atoms. The molecule has 1 aromatic carbocycles. The van der Waals surface area contributed by atoms with E-state index in [4.69, 9.17) is 9.26 Å². The summed E-state index contributed by atoms with van der Waals surface area (Å²) in [5.74, 6) is 1.16. The summed E-state index contributed by atoms with van der Waals surface area (Å²) in [4.78, 5) is 8.75. The van der Waals surface area contributed by atoms with E-state index >= 15 is 0 Å². The summed E-state index contributed by atoms with van der Waals surface area (Å²) >= 11 is 1.40. The molecule has 1 atom stereocenters. The third-order valence-electron chi connectivity index (χ3n) is 4.24. The molecule has 0 saturated carbocycles. The van der Waals surface area contributed by atoms with Gasteiger partial charge in [0.15, 0.2) is 15.7 Å². The zero-order chi connectivity index (χ0) is 20.5. The molecule has 0 N–H and O–H groups in total. The second-order valence-electron chi connectivity index (χ2n) is 7.53. The molecular formula is C19H23N3O4S2. The molecule has 2 aromatic heterocycles. The van der Waals surface area contributed by atoms with Crippen molar-refractivity contribution in [2.75, 3.05) is 7.11 Å². The van der Waals surface area contributed by atoms with Crippen molar-refractivity contribution in [3.63, 3.8) is 0 Å². The fraction of sp³-hybridized carbons (Fsp3) is 0.421. The van der Waals surface area contributed by atoms with Gasteiger partial charge in [0.25, 0.3) is 0 Å². The number of sulfone groups is 1. The van der Waals surface area contributed by atoms with Crippen molar-refractivity contribution < 1.29 is 17.7 Å². The number of ether oxygens (including phenoxy) is 1. The van der Waals surface area contributed by atoms with Crippen LogP contribution in [-0.2, 0) is 21.0 Å². The van der Waals surface area contributed by atoms with Crippen LogP contribution in [0.2, 0.25) is 0 Å². The first-order chi connectivity index (χ1) is 13.1. The molecule has 2 heterocycles. The maximum Gasteiger partial charge on any atom is 0.244 e. The number of nitrogens with zero attached hydrogens (tertiary/aromatic N) is 3. The van der Waals surface area contributed by atoms with Crippen LogP contribution in [0.1, 0.15) is 50.4 Å². The van der Waals surface area contributed by atoms with Crippen LogP contribution in [0, 0.1) is 0 Å². The van der Waals surface area contributed by atoms with Crippen molar-refractivity contribution in [3.8, 4) is 16.3 Å². The predicted molar refractivity (Wildman–Crippen MR) is 108 cm³/mol. The lowest BCUT2D eigenvalue weighted by molar-refractivity contribution is 0.361. The Kier molecular flexibility index (Phi) is 5.58. The number of rotatable bonds is 6. The highest BCUT2D eigenvalue weighted by Crippen LogP contribution is 2.30. The lowest BCUT2D eigenvalue weighted by atomic mass is 9.96. The Morgan fingerprint density at radius 1 is 1.18 bits per heavy atom. The summed E-state index contributed by atoms with van der Waals surface area (Å²) in [5.41, 5.74) is 1.10. The molecule has 0 aliphatic heterocycles. The maximum absolute atomic E-state index is 12.8. The third kappa shape index (κ3) is 4.41. The monoisotopic (exact) mass is 421 g/mol. The van der Waals surface area contributed by atoms with E-state index in [1.807, 2.05) is 45.0 Å². The number of aromatic nitrogens is 3. The molecule has 7 nitrogen and oxygen atoms in total. The summed E-state index contributed by atoms with van der Waals surface area (Å²) in [7, 11) is -1.94. The average molecular weight is 422 g/mol. The van der Waals surface area contributed by atoms with Gasteiger partial charge in [-0.05, 0) is 31.2 Å². The van der Waals surface area contributed by atoms with Gasteiger partial charge in [0, 0.05) is 16.4 Å². The van der Waals surface area contributed by atoms with Crippen molar-refractivity contribution in [2.24, 2.45) is 0 Å². The van der Waals surface area contributed by atoms with Gasteiger partial charge in [-0.25, -0.2) is 13.4 Å². The molecule has 0 unspecified atom stereocenters. The van der Waals surface area contributed by atoms with E-state index in [1.54, 1.807) is 19.4 Å². The Bertz CT molecular complexity index is 1050. The summed E-state index contributed by atoms with van der Waals surface area (Å²) < 4.78 is 36.0. The highest BCUT2D eigenvalue weighted by Gasteiger charge is 2.31. The first-order valence-corrected chi connectivity index (χ1v) is 11.3. The van der Waals surface area contributed by atoms with Crippen molar-refractivity contribution in [2.45, 2.75) is 44.1 Å². The quantitative estimate of drug-likeness (QED) is 0.589. The molecule has 28 heavy (non-hydrogen) atoms. The van der Waals surface area contributed by atoms with E-state index in [9.17, 15) is 8.42 Å². The molecule has 0 radical (unpaired) electrons. The van der Waals surface area contributed by atoms with Gasteiger partial charge in [-0.3, -0.25) is 0 Å². The minimum atomic E-state index is -3.55. The van der Waals surface area contributed by atoms with Gasteiger partial charge in [-0.15, -0.1) is 11.3 Å². The first kappa shape index (κ1) is 20.5. The molecule has 150 valence electrons. The molecule has 0 aliphatic carbocycles. The van der Waals surface area contributed by atoms with Crippen molar-refractivity contribution in [1.82, 2.24) is 15.1 Å². The zero-order valence-electron chi connectivity index (χ0n) is 16.5. The van der Waals surface area contributed by atoms with Gasteiger partial charge >= 0.3 is 0 Å². The Balaban J connectivity index is 1.77. The third-order valence-corrected chi connectivity index (χ3v) is 7.15. The molecule has 9 heteroatoms. The lowest BCUT2D eigenvalue weighted by Gasteiger charge is -2.11. The minimum Gasteiger partial charge on any atom is -0.497 e. The summed E-state index contributed by atoms with van der Waals surface area (Å²) in [5, 5.41) is 5.53. The molecule has 0 fully saturated rings. The average Bonchev–Trinajstić information content (AvgIpc) is 3.30. The number of benzene rings is 1. The van der Waals surface area contributed by atoms with Crippen molar-refractivity contribution in [1.29, 1.82) is 0 Å². The van der Waals surface area contributed by atoms with Crippen LogP contribution in [0.4, 0.5) is 0 Å². The van der Waals surface area contributed by atoms with Gasteiger partial charge < -0.3 is 9.26 Å². The number of thiazole rings is 1. The van der Waals surface area contributed by atoms with Crippen molar-refractivity contribution in [3.05, 3.63) is 47.1 Å². The summed E-state index contributed by atoms with van der Waals surface area (Å²) in [6.07, 6.45) is 0. The Labute approximate surface area is 168 Å². The van der Waals surface area contributed by atoms with Crippen LogP contribution in [0.25, 0.3) is 10.6 Å². The molecule has 0 aliphatic rings. The van der Waals surface area contributed by atoms with E-state index < -0.39 is 15.1 Å². The highest BCUT2D eigenvalue weighted by atomic mass is 32.2. The highest BCUT2D eigenvalue weighted by molar-refractivity contribution is 7.90. The molecule has 0 spiro atoms. The molecule has 0 amide bonds. The van der Waals surface area contributed by atoms with Crippen LogP contribution in [0.5, 0.6) is 5.75 Å². The van der Waals surface area contributed by atoms with E-state index in [0.717, 1.165) is 16.3 Å². The van der Waals surface area contributed by atoms with Gasteiger partial charge in [-0.1, -0.05) is 25.9 Å². The van der Waals surface area contributed by atoms with E-state index in [1.165, 1.54) is 11.3 Å². The van der Waals surface area contributed by atoms with Crippen LogP contribution < -0.4 is 4.74 Å². The SMILES string of the molecule is COc1ccc(-c2nc(CS(=O)(=O)[C@@H](C)c3nc(C(C)(C)C)no3)cs2)cc1. The van der Waals surface area contributed by atoms with Crippen LogP contribution in [0.15, 0.2) is 34.2 Å². The lowest BCUT2D eigenvalue weighted by Crippen LogP contribution is -2.15. The molecule has 3 aromatic rings. The predicted octanol–water partition coefficient (Wildman–Crippen LogP) is 4.18. The largest absolute Gasteiger partial charge is 0.497 e. The smallest absolute Gasteiger partial charge is 0.244 e. The van der Waals surface area contributed by atoms with Gasteiger partial charge in [-0.2, -0.15) is 4.98 Å². The fourth-order valence-electron chi connectivity index (χ4n) is 2.43. The second kappa shape index (κ2) is 7.63. The molecule has 0 saturated heterocycles. The van der Waals surface area contributed by atoms with E-state index in [-0.39, 0.29) is 17.1 Å². The Morgan fingerprint density at radius 2 is 1.86 bits per heavy atom. The van der Waals surface area contributed by atoms with Crippen LogP contribution in [-0.4, -0.2) is 30.7 Å². The number of hydrogen-bond donors (Lipinski definition) is 0. The molecular weight excluding hydrogens is 398 g/mol. The zero-order valence-corrected chi connectivity index (χ0v) is 18.1. The standard InChI is InChI=1S/C19H23N3O4S2/c1-12(16-21-18(22-26-16)19(2,3)4)28(23,24)11-14-10-27-17(20-14)13-6-8-15(25-5)9-7-13/h6-10,12H,11H2,1-5H3/t12-/m0/s1. The maximum atomic E-state index is 12.8. The molecule has 3 rings (SSSR count). The second-order valence-corrected chi connectivity index (χ2v) is 10.7. The fourth-order valence-corrected chi connectivity index (χ4v) is 4.57. The van der Waals surface area contributed by atoms with Crippen LogP contribution in [0.3, 0.4) is 0 Å². The normalized spacial score (nSPS) is 13.5. The topological polar surface area (TPSA) is 95.2 Å². The van der Waals surface area contributed by atoms with E-state index in [2.05, 4.69) is 15.1 Å². The number of methoxy groups -OCH3 is 1. The van der Waals surface area contributed by atoms with E-state index in [0.29, 0.717) is 11.5 Å². The van der Waals surface area contributed by atoms with Gasteiger partial charge in [0.2, 0.25) is 5.89 Å². The van der Waals surface area contributed by atoms with Crippen LogP contribution >= 0.6 is 11.3 Å². The van der Waals surface area contributed by atoms with Gasteiger partial charge in [0.05, 0.1) is 18.6 Å². The minimum absolute atomic E-state index is 0.107. The van der Waals surface area contributed by atoms with Crippen molar-refractivity contribution >= 4 is 21.2 Å².